The summed E-state index contributed by atoms with van der Waals surface area (Å²) in [6.07, 6.45) is 28.6. The van der Waals surface area contributed by atoms with Crippen molar-refractivity contribution in [1.82, 2.24) is 0 Å². The SMILES string of the molecule is CCCC/C=C/CCCCCCCCCCCCCC1=NC=C[N+]1(CCN)CC(=O)[O-]. The third-order valence-corrected chi connectivity index (χ3v) is 6.19. The standard InChI is InChI=1S/C26H47N3O2/c1-2-3-4-5-6-7-8-9-10-11-12-13-14-15-16-17-18-19-25-28-21-23-29(25,22-20-27)24-26(30)31/h5-6,21,23H,2-4,7-20,22,24,27H2,1H3/b6-5+. The number of allylic oxidation sites excluding steroid dienone is 2. The van der Waals surface area contributed by atoms with Crippen molar-refractivity contribution < 1.29 is 14.4 Å². The molecule has 1 rings (SSSR count). The van der Waals surface area contributed by atoms with Crippen LogP contribution in [0.4, 0.5) is 0 Å². The summed E-state index contributed by atoms with van der Waals surface area (Å²) < 4.78 is 0.244. The second-order valence-corrected chi connectivity index (χ2v) is 8.96. The highest BCUT2D eigenvalue weighted by molar-refractivity contribution is 5.80. The maximum atomic E-state index is 11.2. The molecule has 1 aliphatic rings. The minimum atomic E-state index is -1.05. The number of nitrogens with two attached hydrogens (primary N) is 1. The molecule has 0 aliphatic carbocycles. The number of hydrogen-bond donors (Lipinski definition) is 1. The average Bonchev–Trinajstić information content (AvgIpc) is 3.11. The van der Waals surface area contributed by atoms with Gasteiger partial charge in [0, 0.05) is 13.0 Å². The number of carbonyl (C=O) groups is 1. The second-order valence-electron chi connectivity index (χ2n) is 8.96. The molecule has 2 N–H and O–H groups in total. The van der Waals surface area contributed by atoms with Crippen LogP contribution in [-0.4, -0.2) is 35.9 Å². The molecular weight excluding hydrogens is 386 g/mol. The highest BCUT2D eigenvalue weighted by Gasteiger charge is 2.34. The van der Waals surface area contributed by atoms with Gasteiger partial charge in [-0.3, -0.25) is 0 Å². The van der Waals surface area contributed by atoms with Gasteiger partial charge in [-0.15, -0.1) is 0 Å². The Morgan fingerprint density at radius 1 is 0.935 bits per heavy atom. The number of carboxylic acids is 1. The molecule has 0 amide bonds. The van der Waals surface area contributed by atoms with Gasteiger partial charge < -0.3 is 15.6 Å². The summed E-state index contributed by atoms with van der Waals surface area (Å²) in [4.78, 5) is 15.6. The molecule has 5 heteroatoms. The molecule has 0 aromatic rings. The zero-order valence-electron chi connectivity index (χ0n) is 20.0. The third-order valence-electron chi connectivity index (χ3n) is 6.19. The Bertz CT molecular complexity index is 557. The van der Waals surface area contributed by atoms with E-state index in [4.69, 9.17) is 5.73 Å². The topological polar surface area (TPSA) is 78.5 Å². The Kier molecular flexibility index (Phi) is 16.1. The maximum Gasteiger partial charge on any atom is 0.207 e. The fourth-order valence-electron chi connectivity index (χ4n) is 4.32. The van der Waals surface area contributed by atoms with Gasteiger partial charge in [0.15, 0.2) is 0 Å². The fourth-order valence-corrected chi connectivity index (χ4v) is 4.32. The lowest BCUT2D eigenvalue weighted by atomic mass is 10.0. The number of unbranched alkanes of at least 4 members (excludes halogenated alkanes) is 13. The monoisotopic (exact) mass is 433 g/mol. The summed E-state index contributed by atoms with van der Waals surface area (Å²) in [7, 11) is 0. The second kappa shape index (κ2) is 18.1. The molecule has 0 saturated carbocycles. The number of aliphatic imine (C=N–C) groups is 1. The summed E-state index contributed by atoms with van der Waals surface area (Å²) in [5, 5.41) is 11.2. The van der Waals surface area contributed by atoms with E-state index in [-0.39, 0.29) is 11.0 Å². The van der Waals surface area contributed by atoms with Crippen molar-refractivity contribution in [3.05, 3.63) is 24.6 Å². The molecule has 1 heterocycles. The molecular formula is C26H47N3O2. The van der Waals surface area contributed by atoms with Crippen molar-refractivity contribution in [3.8, 4) is 0 Å². The molecule has 0 saturated heterocycles. The van der Waals surface area contributed by atoms with E-state index in [1.807, 2.05) is 6.20 Å². The van der Waals surface area contributed by atoms with E-state index in [1.165, 1.54) is 89.9 Å². The quantitative estimate of drug-likeness (QED) is 0.153. The average molecular weight is 434 g/mol. The molecule has 1 atom stereocenters. The first-order valence-corrected chi connectivity index (χ1v) is 12.8. The van der Waals surface area contributed by atoms with Gasteiger partial charge >= 0.3 is 0 Å². The molecule has 0 spiro atoms. The van der Waals surface area contributed by atoms with E-state index in [0.29, 0.717) is 13.1 Å². The van der Waals surface area contributed by atoms with E-state index in [9.17, 15) is 9.90 Å². The minimum absolute atomic E-state index is 0.0673. The normalized spacial score (nSPS) is 18.2. The van der Waals surface area contributed by atoms with Crippen LogP contribution in [0.1, 0.15) is 110 Å². The van der Waals surface area contributed by atoms with Crippen LogP contribution in [0.5, 0.6) is 0 Å². The van der Waals surface area contributed by atoms with Gasteiger partial charge in [0.2, 0.25) is 5.84 Å². The first-order valence-electron chi connectivity index (χ1n) is 12.8. The Morgan fingerprint density at radius 3 is 2.03 bits per heavy atom. The van der Waals surface area contributed by atoms with Gasteiger partial charge in [0.05, 0.1) is 12.2 Å². The predicted molar refractivity (Wildman–Crippen MR) is 129 cm³/mol. The van der Waals surface area contributed by atoms with Crippen LogP contribution >= 0.6 is 0 Å². The number of amidine groups is 1. The molecule has 1 aliphatic heterocycles. The van der Waals surface area contributed by atoms with E-state index in [2.05, 4.69) is 24.1 Å². The van der Waals surface area contributed by atoms with Crippen molar-refractivity contribution >= 4 is 11.8 Å². The summed E-state index contributed by atoms with van der Waals surface area (Å²) >= 11 is 0. The van der Waals surface area contributed by atoms with Crippen molar-refractivity contribution in [2.75, 3.05) is 19.6 Å². The first-order chi connectivity index (χ1) is 15.1. The molecule has 1 unspecified atom stereocenters. The third kappa shape index (κ3) is 12.9. The van der Waals surface area contributed by atoms with Gasteiger partial charge in [-0.2, -0.15) is 0 Å². The molecule has 5 nitrogen and oxygen atoms in total. The largest absolute Gasteiger partial charge is 0.544 e. The lowest BCUT2D eigenvalue weighted by molar-refractivity contribution is -0.780. The molecule has 0 fully saturated rings. The molecule has 0 aromatic heterocycles. The smallest absolute Gasteiger partial charge is 0.207 e. The molecule has 0 bridgehead atoms. The van der Waals surface area contributed by atoms with Gasteiger partial charge in [-0.25, -0.2) is 9.48 Å². The first kappa shape index (κ1) is 27.6. The fraction of sp³-hybridized carbons (Fsp3) is 0.769. The van der Waals surface area contributed by atoms with Crippen molar-refractivity contribution in [3.63, 3.8) is 0 Å². The van der Waals surface area contributed by atoms with Crippen LogP contribution in [-0.2, 0) is 4.79 Å². The Balaban J connectivity index is 1.95. The van der Waals surface area contributed by atoms with Crippen LogP contribution in [0.2, 0.25) is 0 Å². The Labute approximate surface area is 191 Å². The van der Waals surface area contributed by atoms with E-state index >= 15 is 0 Å². The molecule has 0 radical (unpaired) electrons. The van der Waals surface area contributed by atoms with Crippen LogP contribution < -0.4 is 10.8 Å². The van der Waals surface area contributed by atoms with Crippen LogP contribution in [0.3, 0.4) is 0 Å². The number of nitrogens with zero attached hydrogens (tertiary/aromatic N) is 2. The van der Waals surface area contributed by atoms with Gasteiger partial charge in [-0.1, -0.05) is 89.7 Å². The lowest BCUT2D eigenvalue weighted by Crippen LogP contribution is -2.55. The maximum absolute atomic E-state index is 11.2. The van der Waals surface area contributed by atoms with Crippen LogP contribution in [0.25, 0.3) is 0 Å². The van der Waals surface area contributed by atoms with E-state index in [1.54, 1.807) is 6.20 Å². The van der Waals surface area contributed by atoms with E-state index < -0.39 is 5.97 Å². The Hall–Kier alpha value is -1.46. The Morgan fingerprint density at radius 2 is 1.48 bits per heavy atom. The van der Waals surface area contributed by atoms with Crippen molar-refractivity contribution in [2.45, 2.75) is 110 Å². The van der Waals surface area contributed by atoms with Gasteiger partial charge in [-0.05, 0) is 25.7 Å². The van der Waals surface area contributed by atoms with Crippen molar-refractivity contribution in [1.29, 1.82) is 0 Å². The number of carboxylic acid groups (broad SMARTS) is 1. The number of rotatable bonds is 21. The summed E-state index contributed by atoms with van der Waals surface area (Å²) in [6, 6.07) is 0. The summed E-state index contributed by atoms with van der Waals surface area (Å²) in [6.45, 7) is 3.18. The molecule has 178 valence electrons. The van der Waals surface area contributed by atoms with Gasteiger partial charge in [0.1, 0.15) is 19.3 Å². The number of carbonyl (C=O) groups excluding carboxylic acids is 1. The number of aliphatic carboxylic acids is 1. The van der Waals surface area contributed by atoms with Crippen molar-refractivity contribution in [2.24, 2.45) is 10.7 Å². The predicted octanol–water partition coefficient (Wildman–Crippen LogP) is 5.21. The minimum Gasteiger partial charge on any atom is -0.544 e. The molecule has 0 aromatic carbocycles. The summed E-state index contributed by atoms with van der Waals surface area (Å²) in [5.74, 6) is -0.127. The van der Waals surface area contributed by atoms with Gasteiger partial charge in [0.25, 0.3) is 0 Å². The number of hydrogen-bond acceptors (Lipinski definition) is 4. The molecule has 31 heavy (non-hydrogen) atoms. The number of quaternary nitrogens is 1. The zero-order valence-corrected chi connectivity index (χ0v) is 20.0. The highest BCUT2D eigenvalue weighted by Crippen LogP contribution is 2.21. The zero-order chi connectivity index (χ0) is 22.6. The highest BCUT2D eigenvalue weighted by atomic mass is 16.4. The lowest BCUT2D eigenvalue weighted by Gasteiger charge is -2.32. The summed E-state index contributed by atoms with van der Waals surface area (Å²) in [5.41, 5.74) is 5.71. The van der Waals surface area contributed by atoms with E-state index in [0.717, 1.165) is 18.7 Å². The van der Waals surface area contributed by atoms with Crippen LogP contribution in [0, 0.1) is 0 Å². The van der Waals surface area contributed by atoms with Crippen LogP contribution in [0.15, 0.2) is 29.5 Å².